The fraction of sp³-hybridized carbons (Fsp3) is 0.429. The lowest BCUT2D eigenvalue weighted by molar-refractivity contribution is -0.143. The summed E-state index contributed by atoms with van der Waals surface area (Å²) in [5.74, 6) is -2.39. The molecule has 0 atom stereocenters. The fourth-order valence-electron chi connectivity index (χ4n) is 4.49. The van der Waals surface area contributed by atoms with Crippen LogP contribution in [0.4, 0.5) is 5.00 Å². The number of amides is 2. The van der Waals surface area contributed by atoms with Gasteiger partial charge in [0.15, 0.2) is 4.80 Å². The number of hydrogen-bond donors (Lipinski definition) is 1. The Morgan fingerprint density at radius 1 is 1.00 bits per heavy atom. The number of hydrogen-bond acceptors (Lipinski definition) is 11. The van der Waals surface area contributed by atoms with Gasteiger partial charge in [-0.1, -0.05) is 11.3 Å². The molecule has 0 spiro atoms. The number of nitrogens with zero attached hydrogens (tertiary/aromatic N) is 2. The van der Waals surface area contributed by atoms with E-state index in [0.29, 0.717) is 26.3 Å². The molecule has 0 unspecified atom stereocenters. The second kappa shape index (κ2) is 14.6. The number of benzene rings is 1. The number of thiophene rings is 1. The zero-order valence-corrected chi connectivity index (χ0v) is 25.9. The topological polar surface area (TPSA) is 142 Å². The highest BCUT2D eigenvalue weighted by atomic mass is 32.2. The van der Waals surface area contributed by atoms with E-state index >= 15 is 0 Å². The first-order valence-electron chi connectivity index (χ1n) is 13.4. The van der Waals surface area contributed by atoms with Gasteiger partial charge in [-0.3, -0.25) is 14.4 Å². The standard InChI is InChI=1S/C28H31N3O8S3/c1-4-38-23(34)13-31-18-11-10-16(26(35)39-5-2)12-20(18)42-28(31)30-22(33)15-40-14-21(32)29-25-24(27(36)37-3)17-8-6-7-9-19(17)41-25/h10-12H,4-9,13-15H2,1-3H3,(H,29,32). The fourth-order valence-corrected chi connectivity index (χ4v) is 7.47. The van der Waals surface area contributed by atoms with Crippen LogP contribution < -0.4 is 10.1 Å². The summed E-state index contributed by atoms with van der Waals surface area (Å²) in [5, 5.41) is 3.29. The Morgan fingerprint density at radius 2 is 1.76 bits per heavy atom. The zero-order valence-electron chi connectivity index (χ0n) is 23.5. The average molecular weight is 634 g/mol. The molecule has 11 nitrogen and oxygen atoms in total. The highest BCUT2D eigenvalue weighted by Gasteiger charge is 2.27. The largest absolute Gasteiger partial charge is 0.465 e. The molecule has 14 heteroatoms. The average Bonchev–Trinajstić information content (AvgIpc) is 3.49. The minimum atomic E-state index is -0.496. The maximum absolute atomic E-state index is 12.8. The maximum Gasteiger partial charge on any atom is 0.341 e. The molecule has 1 N–H and O–H groups in total. The molecule has 0 bridgehead atoms. The quantitative estimate of drug-likeness (QED) is 0.245. The van der Waals surface area contributed by atoms with Crippen molar-refractivity contribution in [1.82, 2.24) is 4.57 Å². The van der Waals surface area contributed by atoms with E-state index in [0.717, 1.165) is 59.2 Å². The number of carbonyl (C=O) groups is 5. The number of ether oxygens (including phenoxy) is 3. The first kappa shape index (κ1) is 31.4. The Hall–Kier alpha value is -3.49. The number of rotatable bonds is 11. The second-order valence-electron chi connectivity index (χ2n) is 9.13. The van der Waals surface area contributed by atoms with E-state index in [4.69, 9.17) is 14.2 Å². The molecular weight excluding hydrogens is 603 g/mol. The Labute approximate surface area is 254 Å². The van der Waals surface area contributed by atoms with Crippen LogP contribution >= 0.6 is 34.4 Å². The SMILES string of the molecule is CCOC(=O)Cn1c(=NC(=O)CSCC(=O)Nc2sc3c(c2C(=O)OC)CCCC3)sc2cc(C(=O)OCC)ccc21. The van der Waals surface area contributed by atoms with E-state index in [1.165, 1.54) is 18.4 Å². The lowest BCUT2D eigenvalue weighted by atomic mass is 9.95. The molecule has 224 valence electrons. The number of thiazole rings is 1. The summed E-state index contributed by atoms with van der Waals surface area (Å²) in [6, 6.07) is 4.89. The van der Waals surface area contributed by atoms with Crippen molar-refractivity contribution in [2.24, 2.45) is 4.99 Å². The summed E-state index contributed by atoms with van der Waals surface area (Å²) in [4.78, 5) is 68.0. The molecule has 1 aliphatic rings. The van der Waals surface area contributed by atoms with Crippen molar-refractivity contribution < 1.29 is 38.2 Å². The van der Waals surface area contributed by atoms with Crippen molar-refractivity contribution in [3.05, 3.63) is 44.6 Å². The van der Waals surface area contributed by atoms with Gasteiger partial charge in [0.2, 0.25) is 5.91 Å². The van der Waals surface area contributed by atoms with E-state index in [1.807, 2.05) is 0 Å². The summed E-state index contributed by atoms with van der Waals surface area (Å²) in [6.45, 7) is 3.69. The molecule has 1 aliphatic carbocycles. The van der Waals surface area contributed by atoms with Gasteiger partial charge in [-0.05, 0) is 63.3 Å². The number of thioether (sulfide) groups is 1. The third-order valence-corrected chi connectivity index (χ3v) is 9.45. The summed E-state index contributed by atoms with van der Waals surface area (Å²) in [7, 11) is 1.32. The predicted molar refractivity (Wildman–Crippen MR) is 161 cm³/mol. The van der Waals surface area contributed by atoms with Gasteiger partial charge in [-0.2, -0.15) is 4.99 Å². The summed E-state index contributed by atoms with van der Waals surface area (Å²) < 4.78 is 17.3. The molecule has 0 aliphatic heterocycles. The molecule has 0 radical (unpaired) electrons. The van der Waals surface area contributed by atoms with Gasteiger partial charge in [0.05, 0.1) is 53.2 Å². The predicted octanol–water partition coefficient (Wildman–Crippen LogP) is 3.97. The van der Waals surface area contributed by atoms with Gasteiger partial charge in [-0.15, -0.1) is 23.1 Å². The van der Waals surface area contributed by atoms with Crippen molar-refractivity contribution >= 4 is 79.4 Å². The number of fused-ring (bicyclic) bond motifs is 2. The number of nitrogens with one attached hydrogen (secondary N) is 1. The first-order chi connectivity index (χ1) is 20.2. The van der Waals surface area contributed by atoms with Gasteiger partial charge >= 0.3 is 17.9 Å². The number of anilines is 1. The van der Waals surface area contributed by atoms with Crippen LogP contribution in [-0.4, -0.2) is 66.1 Å². The van der Waals surface area contributed by atoms with Crippen LogP contribution in [0.3, 0.4) is 0 Å². The Morgan fingerprint density at radius 3 is 2.50 bits per heavy atom. The smallest absolute Gasteiger partial charge is 0.341 e. The van der Waals surface area contributed by atoms with Crippen LogP contribution in [0, 0.1) is 0 Å². The normalized spacial score (nSPS) is 13.0. The van der Waals surface area contributed by atoms with Gasteiger partial charge in [0.1, 0.15) is 11.5 Å². The molecule has 42 heavy (non-hydrogen) atoms. The summed E-state index contributed by atoms with van der Waals surface area (Å²) >= 11 is 3.63. The van der Waals surface area contributed by atoms with Crippen LogP contribution in [-0.2, 0) is 48.0 Å². The molecule has 1 aromatic carbocycles. The van der Waals surface area contributed by atoms with E-state index in [9.17, 15) is 24.0 Å². The Balaban J connectivity index is 1.47. The molecule has 3 aromatic rings. The molecule has 0 fully saturated rings. The minimum absolute atomic E-state index is 0.0252. The third kappa shape index (κ3) is 7.47. The van der Waals surface area contributed by atoms with Crippen LogP contribution in [0.5, 0.6) is 0 Å². The van der Waals surface area contributed by atoms with E-state index < -0.39 is 23.8 Å². The summed E-state index contributed by atoms with van der Waals surface area (Å²) in [5.41, 5.74) is 2.32. The number of methoxy groups -OCH3 is 1. The van der Waals surface area contributed by atoms with Crippen molar-refractivity contribution in [3.63, 3.8) is 0 Å². The monoisotopic (exact) mass is 633 g/mol. The third-order valence-electron chi connectivity index (χ3n) is 6.28. The lowest BCUT2D eigenvalue weighted by Gasteiger charge is -2.11. The molecule has 2 aromatic heterocycles. The van der Waals surface area contributed by atoms with Gasteiger partial charge in [-0.25, -0.2) is 9.59 Å². The Kier molecular flexibility index (Phi) is 10.9. The first-order valence-corrected chi connectivity index (χ1v) is 16.2. The Bertz CT molecular complexity index is 1590. The highest BCUT2D eigenvalue weighted by molar-refractivity contribution is 8.00. The second-order valence-corrected chi connectivity index (χ2v) is 12.2. The molecular formula is C28H31N3O8S3. The molecule has 0 saturated heterocycles. The number of esters is 3. The zero-order chi connectivity index (χ0) is 30.2. The van der Waals surface area contributed by atoms with Crippen molar-refractivity contribution in [3.8, 4) is 0 Å². The minimum Gasteiger partial charge on any atom is -0.465 e. The van der Waals surface area contributed by atoms with Crippen molar-refractivity contribution in [2.45, 2.75) is 46.1 Å². The van der Waals surface area contributed by atoms with E-state index in [1.54, 1.807) is 36.6 Å². The van der Waals surface area contributed by atoms with E-state index in [-0.39, 0.29) is 42.0 Å². The van der Waals surface area contributed by atoms with Crippen LogP contribution in [0.1, 0.15) is 57.8 Å². The van der Waals surface area contributed by atoms with E-state index in [2.05, 4.69) is 10.3 Å². The van der Waals surface area contributed by atoms with Gasteiger partial charge in [0, 0.05) is 4.88 Å². The van der Waals surface area contributed by atoms with Crippen LogP contribution in [0.15, 0.2) is 23.2 Å². The van der Waals surface area contributed by atoms with Crippen LogP contribution in [0.2, 0.25) is 0 Å². The van der Waals surface area contributed by atoms with Gasteiger partial charge < -0.3 is 24.1 Å². The highest BCUT2D eigenvalue weighted by Crippen LogP contribution is 2.38. The maximum atomic E-state index is 12.8. The summed E-state index contributed by atoms with van der Waals surface area (Å²) in [6.07, 6.45) is 3.65. The molecule has 2 amide bonds. The molecule has 4 rings (SSSR count). The molecule has 2 heterocycles. The number of carbonyl (C=O) groups excluding carboxylic acids is 5. The van der Waals surface area contributed by atoms with Crippen molar-refractivity contribution in [1.29, 1.82) is 0 Å². The lowest BCUT2D eigenvalue weighted by Crippen LogP contribution is -2.23. The van der Waals surface area contributed by atoms with Crippen molar-refractivity contribution in [2.75, 3.05) is 37.1 Å². The number of aryl methyl sites for hydroxylation is 1. The van der Waals surface area contributed by atoms with Crippen LogP contribution in [0.25, 0.3) is 10.2 Å². The van der Waals surface area contributed by atoms with Gasteiger partial charge in [0.25, 0.3) is 5.91 Å². The molecule has 0 saturated carbocycles. The number of aromatic nitrogens is 1.